The standard InChI is InChI=1S/C21H25NO3S/c1-6-10-16(22-20(24)21(3,4)5)18(7-2)26-13-17-14-11-8-9-12-15(14)19(23)25-17/h6-12,17H,2,13H2,1,3-5H3,(H,22,24)/b10-6-,18-16-. The maximum absolute atomic E-state index is 12.3. The number of ether oxygens (including phenoxy) is 1. The number of cyclic esters (lactones) is 1. The van der Waals surface area contributed by atoms with Gasteiger partial charge in [0.1, 0.15) is 6.10 Å². The van der Waals surface area contributed by atoms with E-state index >= 15 is 0 Å². The molecule has 0 fully saturated rings. The van der Waals surface area contributed by atoms with Gasteiger partial charge in [-0.1, -0.05) is 57.7 Å². The van der Waals surface area contributed by atoms with Crippen LogP contribution in [0, 0.1) is 5.41 Å². The predicted octanol–water partition coefficient (Wildman–Crippen LogP) is 4.77. The van der Waals surface area contributed by atoms with Gasteiger partial charge in [-0.15, -0.1) is 11.8 Å². The number of thioether (sulfide) groups is 1. The summed E-state index contributed by atoms with van der Waals surface area (Å²) >= 11 is 1.50. The normalized spacial score (nSPS) is 17.5. The Labute approximate surface area is 159 Å². The molecule has 1 aliphatic heterocycles. The Hall–Kier alpha value is -2.27. The number of rotatable bonds is 6. The minimum atomic E-state index is -0.496. The van der Waals surface area contributed by atoms with Crippen molar-refractivity contribution in [3.05, 3.63) is 70.8 Å². The van der Waals surface area contributed by atoms with Crippen LogP contribution in [0.15, 0.2) is 59.7 Å². The molecule has 138 valence electrons. The molecular formula is C21H25NO3S. The van der Waals surface area contributed by atoms with Gasteiger partial charge >= 0.3 is 5.97 Å². The Morgan fingerprint density at radius 3 is 2.65 bits per heavy atom. The number of esters is 1. The molecule has 1 amide bonds. The summed E-state index contributed by atoms with van der Waals surface area (Å²) in [6.07, 6.45) is 5.13. The van der Waals surface area contributed by atoms with Crippen LogP contribution in [0.2, 0.25) is 0 Å². The number of carbonyl (C=O) groups excluding carboxylic acids is 2. The van der Waals surface area contributed by atoms with E-state index in [0.29, 0.717) is 17.0 Å². The van der Waals surface area contributed by atoms with E-state index in [1.807, 2.05) is 58.0 Å². The van der Waals surface area contributed by atoms with E-state index in [0.717, 1.165) is 10.5 Å². The molecule has 1 aromatic rings. The second-order valence-electron chi connectivity index (χ2n) is 6.98. The number of fused-ring (bicyclic) bond motifs is 1. The lowest BCUT2D eigenvalue weighted by Crippen LogP contribution is -2.34. The van der Waals surface area contributed by atoms with Gasteiger partial charge < -0.3 is 10.1 Å². The lowest BCUT2D eigenvalue weighted by Gasteiger charge is -2.20. The van der Waals surface area contributed by atoms with Crippen molar-refractivity contribution in [1.82, 2.24) is 5.32 Å². The van der Waals surface area contributed by atoms with Crippen LogP contribution in [-0.4, -0.2) is 17.6 Å². The Morgan fingerprint density at radius 2 is 2.04 bits per heavy atom. The molecular weight excluding hydrogens is 346 g/mol. The van der Waals surface area contributed by atoms with Crippen molar-refractivity contribution in [3.8, 4) is 0 Å². The molecule has 1 unspecified atom stereocenters. The lowest BCUT2D eigenvalue weighted by atomic mass is 9.95. The van der Waals surface area contributed by atoms with E-state index in [-0.39, 0.29) is 18.0 Å². The fraction of sp³-hybridized carbons (Fsp3) is 0.333. The largest absolute Gasteiger partial charge is 0.453 e. The van der Waals surface area contributed by atoms with Crippen LogP contribution in [0.4, 0.5) is 0 Å². The summed E-state index contributed by atoms with van der Waals surface area (Å²) in [5, 5.41) is 2.97. The highest BCUT2D eigenvalue weighted by atomic mass is 32.2. The van der Waals surface area contributed by atoms with Crippen LogP contribution >= 0.6 is 11.8 Å². The molecule has 0 aliphatic carbocycles. The van der Waals surface area contributed by atoms with Crippen molar-refractivity contribution >= 4 is 23.6 Å². The van der Waals surface area contributed by atoms with Gasteiger partial charge in [-0.05, 0) is 19.1 Å². The zero-order chi connectivity index (χ0) is 19.3. The number of carbonyl (C=O) groups is 2. The summed E-state index contributed by atoms with van der Waals surface area (Å²) in [6, 6.07) is 7.42. The Morgan fingerprint density at radius 1 is 1.35 bits per heavy atom. The molecule has 1 heterocycles. The topological polar surface area (TPSA) is 55.4 Å². The van der Waals surface area contributed by atoms with Crippen LogP contribution < -0.4 is 5.32 Å². The molecule has 4 nitrogen and oxygen atoms in total. The van der Waals surface area contributed by atoms with Crippen LogP contribution in [0.25, 0.3) is 0 Å². The second kappa shape index (κ2) is 8.41. The molecule has 2 rings (SSSR count). The highest BCUT2D eigenvalue weighted by Gasteiger charge is 2.30. The lowest BCUT2D eigenvalue weighted by molar-refractivity contribution is -0.127. The number of hydrogen-bond acceptors (Lipinski definition) is 4. The molecule has 1 atom stereocenters. The molecule has 1 N–H and O–H groups in total. The average molecular weight is 372 g/mol. The molecule has 1 aromatic carbocycles. The summed E-state index contributed by atoms with van der Waals surface area (Å²) in [5.41, 5.74) is 1.73. The Kier molecular flexibility index (Phi) is 6.48. The third kappa shape index (κ3) is 4.67. The maximum Gasteiger partial charge on any atom is 0.339 e. The van der Waals surface area contributed by atoms with Gasteiger partial charge in [-0.2, -0.15) is 0 Å². The second-order valence-corrected chi connectivity index (χ2v) is 8.04. The fourth-order valence-corrected chi connectivity index (χ4v) is 3.39. The summed E-state index contributed by atoms with van der Waals surface area (Å²) in [4.78, 5) is 25.1. The highest BCUT2D eigenvalue weighted by Crippen LogP contribution is 2.35. The molecule has 0 spiro atoms. The zero-order valence-electron chi connectivity index (χ0n) is 15.7. The Bertz CT molecular complexity index is 772. The molecule has 5 heteroatoms. The number of amides is 1. The van der Waals surface area contributed by atoms with Gasteiger partial charge in [-0.3, -0.25) is 4.79 Å². The van der Waals surface area contributed by atoms with Gasteiger partial charge in [-0.25, -0.2) is 4.79 Å². The third-order valence-electron chi connectivity index (χ3n) is 3.88. The first-order valence-corrected chi connectivity index (χ1v) is 9.50. The first-order chi connectivity index (χ1) is 12.3. The van der Waals surface area contributed by atoms with E-state index in [4.69, 9.17) is 4.74 Å². The molecule has 1 aliphatic rings. The number of benzene rings is 1. The van der Waals surface area contributed by atoms with E-state index in [1.54, 1.807) is 12.1 Å². The SMILES string of the molecule is C=C/C(SCC1OC(=O)c2ccccc21)=C(\C=C/C)NC(=O)C(C)(C)C. The number of hydrogen-bond donors (Lipinski definition) is 1. The number of allylic oxidation sites excluding steroid dienone is 3. The van der Waals surface area contributed by atoms with Crippen LogP contribution in [0.5, 0.6) is 0 Å². The molecule has 0 bridgehead atoms. The van der Waals surface area contributed by atoms with Crippen molar-refractivity contribution in [2.45, 2.75) is 33.8 Å². The van der Waals surface area contributed by atoms with E-state index in [1.165, 1.54) is 11.8 Å². The first-order valence-electron chi connectivity index (χ1n) is 8.51. The summed E-state index contributed by atoms with van der Waals surface area (Å²) in [7, 11) is 0. The summed E-state index contributed by atoms with van der Waals surface area (Å²) in [5.74, 6) is 0.199. The van der Waals surface area contributed by atoms with Crippen LogP contribution in [-0.2, 0) is 9.53 Å². The van der Waals surface area contributed by atoms with Crippen LogP contribution in [0.3, 0.4) is 0 Å². The van der Waals surface area contributed by atoms with Gasteiger partial charge in [0.25, 0.3) is 0 Å². The quantitative estimate of drug-likeness (QED) is 0.578. The Balaban J connectivity index is 2.18. The fourth-order valence-electron chi connectivity index (χ4n) is 2.42. The maximum atomic E-state index is 12.3. The minimum absolute atomic E-state index is 0.0665. The van der Waals surface area contributed by atoms with Crippen molar-refractivity contribution in [1.29, 1.82) is 0 Å². The van der Waals surface area contributed by atoms with Crippen molar-refractivity contribution in [2.24, 2.45) is 5.41 Å². The molecule has 0 aromatic heterocycles. The predicted molar refractivity (Wildman–Crippen MR) is 107 cm³/mol. The van der Waals surface area contributed by atoms with Gasteiger partial charge in [0.15, 0.2) is 0 Å². The average Bonchev–Trinajstić information content (AvgIpc) is 2.91. The smallest absolute Gasteiger partial charge is 0.339 e. The molecule has 26 heavy (non-hydrogen) atoms. The van der Waals surface area contributed by atoms with E-state index in [2.05, 4.69) is 11.9 Å². The van der Waals surface area contributed by atoms with Crippen LogP contribution in [0.1, 0.15) is 49.7 Å². The van der Waals surface area contributed by atoms with E-state index < -0.39 is 5.41 Å². The van der Waals surface area contributed by atoms with E-state index in [9.17, 15) is 9.59 Å². The molecule has 0 saturated heterocycles. The summed E-state index contributed by atoms with van der Waals surface area (Å²) in [6.45, 7) is 11.4. The van der Waals surface area contributed by atoms with Gasteiger partial charge in [0.2, 0.25) is 5.91 Å². The van der Waals surface area contributed by atoms with Crippen molar-refractivity contribution < 1.29 is 14.3 Å². The molecule has 0 saturated carbocycles. The minimum Gasteiger partial charge on any atom is -0.453 e. The number of nitrogens with one attached hydrogen (secondary N) is 1. The monoisotopic (exact) mass is 371 g/mol. The zero-order valence-corrected chi connectivity index (χ0v) is 16.5. The molecule has 0 radical (unpaired) electrons. The van der Waals surface area contributed by atoms with Crippen molar-refractivity contribution in [2.75, 3.05) is 5.75 Å². The van der Waals surface area contributed by atoms with Gasteiger partial charge in [0, 0.05) is 21.6 Å². The highest BCUT2D eigenvalue weighted by molar-refractivity contribution is 8.03. The third-order valence-corrected chi connectivity index (χ3v) is 5.05. The summed E-state index contributed by atoms with van der Waals surface area (Å²) < 4.78 is 5.48. The van der Waals surface area contributed by atoms with Crippen molar-refractivity contribution in [3.63, 3.8) is 0 Å². The first kappa shape index (κ1) is 20.0. The van der Waals surface area contributed by atoms with Gasteiger partial charge in [0.05, 0.1) is 11.3 Å².